The van der Waals surface area contributed by atoms with Gasteiger partial charge >= 0.3 is 5.97 Å². The minimum Gasteiger partial charge on any atom is -0.452 e. The van der Waals surface area contributed by atoms with Crippen LogP contribution in [0.15, 0.2) is 53.6 Å². The molecule has 41 heavy (non-hydrogen) atoms. The van der Waals surface area contributed by atoms with Crippen LogP contribution in [0.2, 0.25) is 0 Å². The van der Waals surface area contributed by atoms with Crippen LogP contribution in [0.5, 0.6) is 0 Å². The topological polar surface area (TPSA) is 143 Å². The summed E-state index contributed by atoms with van der Waals surface area (Å²) in [6.45, 7) is 6.82. The SMILES string of the molecule is Cc1ccc(NC(=O)COC(=O)c2ccc(/C=N/Nc3nc(N4CCOCC4)nc(N4CCOCC4)n3)cc2)cc1. The zero-order valence-electron chi connectivity index (χ0n) is 22.8. The molecule has 13 heteroatoms. The van der Waals surface area contributed by atoms with Gasteiger partial charge in [-0.05, 0) is 36.8 Å². The predicted molar refractivity (Wildman–Crippen MR) is 154 cm³/mol. The van der Waals surface area contributed by atoms with Crippen molar-refractivity contribution in [3.63, 3.8) is 0 Å². The number of nitrogens with one attached hydrogen (secondary N) is 2. The zero-order chi connectivity index (χ0) is 28.4. The number of esters is 1. The molecular formula is C28H32N8O5. The van der Waals surface area contributed by atoms with Gasteiger partial charge in [-0.2, -0.15) is 20.1 Å². The standard InChI is InChI=1S/C28H32N8O5/c1-20-2-8-23(9-3-20)30-24(37)19-41-25(38)22-6-4-21(5-7-22)18-29-34-26-31-27(35-10-14-39-15-11-35)33-28(32-26)36-12-16-40-17-13-36/h2-9,18H,10-17,19H2,1H3,(H,30,37)(H,31,32,33,34)/b29-18+. The molecule has 2 N–H and O–H groups in total. The zero-order valence-corrected chi connectivity index (χ0v) is 22.8. The molecule has 2 aromatic carbocycles. The maximum atomic E-state index is 12.4. The minimum absolute atomic E-state index is 0.320. The Morgan fingerprint density at radius 2 is 1.46 bits per heavy atom. The van der Waals surface area contributed by atoms with E-state index in [0.717, 1.165) is 11.1 Å². The second-order valence-corrected chi connectivity index (χ2v) is 9.44. The van der Waals surface area contributed by atoms with Crippen molar-refractivity contribution in [1.29, 1.82) is 0 Å². The van der Waals surface area contributed by atoms with Gasteiger partial charge in [-0.25, -0.2) is 10.2 Å². The van der Waals surface area contributed by atoms with Crippen molar-refractivity contribution < 1.29 is 23.8 Å². The molecule has 0 atom stereocenters. The van der Waals surface area contributed by atoms with E-state index in [4.69, 9.17) is 14.2 Å². The van der Waals surface area contributed by atoms with Gasteiger partial charge in [0.15, 0.2) is 6.61 Å². The van der Waals surface area contributed by atoms with E-state index in [1.807, 2.05) is 19.1 Å². The Hall–Kier alpha value is -4.62. The first kappa shape index (κ1) is 27.9. The molecule has 3 heterocycles. The third-order valence-corrected chi connectivity index (χ3v) is 6.39. The van der Waals surface area contributed by atoms with Crippen molar-refractivity contribution >= 4 is 41.6 Å². The summed E-state index contributed by atoms with van der Waals surface area (Å²) >= 11 is 0. The first-order chi connectivity index (χ1) is 20.0. The lowest BCUT2D eigenvalue weighted by atomic mass is 10.1. The number of anilines is 4. The van der Waals surface area contributed by atoms with E-state index in [1.54, 1.807) is 42.6 Å². The highest BCUT2D eigenvalue weighted by Crippen LogP contribution is 2.19. The number of amides is 1. The van der Waals surface area contributed by atoms with E-state index < -0.39 is 11.9 Å². The Morgan fingerprint density at radius 1 is 0.878 bits per heavy atom. The number of hydrogen-bond acceptors (Lipinski definition) is 12. The molecule has 214 valence electrons. The molecule has 0 unspecified atom stereocenters. The van der Waals surface area contributed by atoms with E-state index in [2.05, 4.69) is 40.6 Å². The highest BCUT2D eigenvalue weighted by Gasteiger charge is 2.20. The van der Waals surface area contributed by atoms with Gasteiger partial charge in [-0.3, -0.25) is 4.79 Å². The molecule has 3 aromatic rings. The molecule has 2 fully saturated rings. The number of hydrogen-bond donors (Lipinski definition) is 2. The Morgan fingerprint density at radius 3 is 2.05 bits per heavy atom. The fraction of sp³-hybridized carbons (Fsp3) is 0.357. The van der Waals surface area contributed by atoms with Crippen molar-refractivity contribution in [2.24, 2.45) is 5.10 Å². The average molecular weight is 561 g/mol. The summed E-state index contributed by atoms with van der Waals surface area (Å²) in [4.78, 5) is 42.4. The van der Waals surface area contributed by atoms with Crippen molar-refractivity contribution in [1.82, 2.24) is 15.0 Å². The van der Waals surface area contributed by atoms with Crippen LogP contribution in [0.3, 0.4) is 0 Å². The highest BCUT2D eigenvalue weighted by atomic mass is 16.5. The second kappa shape index (κ2) is 13.6. The van der Waals surface area contributed by atoms with Gasteiger partial charge in [0.1, 0.15) is 0 Å². The van der Waals surface area contributed by atoms with E-state index in [9.17, 15) is 9.59 Å². The number of carbonyl (C=O) groups is 2. The fourth-order valence-electron chi connectivity index (χ4n) is 4.13. The summed E-state index contributed by atoms with van der Waals surface area (Å²) in [7, 11) is 0. The monoisotopic (exact) mass is 560 g/mol. The first-order valence-corrected chi connectivity index (χ1v) is 13.4. The highest BCUT2D eigenvalue weighted by molar-refractivity contribution is 5.95. The lowest BCUT2D eigenvalue weighted by molar-refractivity contribution is -0.119. The minimum atomic E-state index is -0.595. The van der Waals surface area contributed by atoms with Crippen molar-refractivity contribution in [3.05, 3.63) is 65.2 Å². The summed E-state index contributed by atoms with van der Waals surface area (Å²) in [6, 6.07) is 14.0. The number of ether oxygens (including phenoxy) is 3. The number of carbonyl (C=O) groups excluding carboxylic acids is 2. The predicted octanol–water partition coefficient (Wildman–Crippen LogP) is 2.09. The molecular weight excluding hydrogens is 528 g/mol. The number of benzene rings is 2. The molecule has 0 saturated carbocycles. The smallest absolute Gasteiger partial charge is 0.338 e. The Bertz CT molecular complexity index is 1320. The van der Waals surface area contributed by atoms with Crippen molar-refractivity contribution in [2.45, 2.75) is 6.92 Å². The van der Waals surface area contributed by atoms with Gasteiger partial charge in [0, 0.05) is 31.9 Å². The Balaban J connectivity index is 1.17. The maximum absolute atomic E-state index is 12.4. The van der Waals surface area contributed by atoms with Gasteiger partial charge in [-0.15, -0.1) is 0 Å². The molecule has 1 aromatic heterocycles. The van der Waals surface area contributed by atoms with Crippen LogP contribution < -0.4 is 20.5 Å². The molecule has 1 amide bonds. The van der Waals surface area contributed by atoms with Gasteiger partial charge in [-0.1, -0.05) is 29.8 Å². The summed E-state index contributed by atoms with van der Waals surface area (Å²) in [5, 5.41) is 6.97. The Labute approximate surface area is 237 Å². The van der Waals surface area contributed by atoms with Crippen molar-refractivity contribution in [2.75, 3.05) is 79.8 Å². The molecule has 2 aliphatic rings. The molecule has 0 spiro atoms. The number of aromatic nitrogens is 3. The average Bonchev–Trinajstić information content (AvgIpc) is 3.02. The van der Waals surface area contributed by atoms with Crippen LogP contribution in [-0.4, -0.2) is 92.3 Å². The third-order valence-electron chi connectivity index (χ3n) is 6.39. The Kier molecular flexibility index (Phi) is 9.29. The fourth-order valence-corrected chi connectivity index (χ4v) is 4.13. The molecule has 0 radical (unpaired) electrons. The number of morpholine rings is 2. The van der Waals surface area contributed by atoms with Crippen LogP contribution in [-0.2, 0) is 19.0 Å². The van der Waals surface area contributed by atoms with Crippen LogP contribution in [0, 0.1) is 6.92 Å². The van der Waals surface area contributed by atoms with Gasteiger partial charge < -0.3 is 29.3 Å². The molecule has 5 rings (SSSR count). The number of hydrazone groups is 1. The summed E-state index contributed by atoms with van der Waals surface area (Å²) in [5.74, 6) is 0.449. The number of nitrogens with zero attached hydrogens (tertiary/aromatic N) is 6. The van der Waals surface area contributed by atoms with Gasteiger partial charge in [0.05, 0.1) is 38.2 Å². The quantitative estimate of drug-likeness (QED) is 0.226. The van der Waals surface area contributed by atoms with Crippen LogP contribution in [0.1, 0.15) is 21.5 Å². The van der Waals surface area contributed by atoms with Crippen molar-refractivity contribution in [3.8, 4) is 0 Å². The lowest BCUT2D eigenvalue weighted by Crippen LogP contribution is -2.40. The normalized spacial score (nSPS) is 15.5. The summed E-state index contributed by atoms with van der Waals surface area (Å²) in [5.41, 5.74) is 5.68. The molecule has 2 saturated heterocycles. The van der Waals surface area contributed by atoms with E-state index in [-0.39, 0.29) is 6.61 Å². The van der Waals surface area contributed by atoms with Gasteiger partial charge in [0.25, 0.3) is 5.91 Å². The van der Waals surface area contributed by atoms with Crippen LogP contribution >= 0.6 is 0 Å². The summed E-state index contributed by atoms with van der Waals surface area (Å²) < 4.78 is 16.1. The van der Waals surface area contributed by atoms with E-state index in [0.29, 0.717) is 81.7 Å². The number of rotatable bonds is 9. The number of aryl methyl sites for hydroxylation is 1. The summed E-state index contributed by atoms with van der Waals surface area (Å²) in [6.07, 6.45) is 1.59. The molecule has 2 aliphatic heterocycles. The third kappa shape index (κ3) is 7.96. The van der Waals surface area contributed by atoms with Crippen LogP contribution in [0.4, 0.5) is 23.5 Å². The van der Waals surface area contributed by atoms with Crippen LogP contribution in [0.25, 0.3) is 0 Å². The molecule has 0 aliphatic carbocycles. The molecule has 0 bridgehead atoms. The van der Waals surface area contributed by atoms with E-state index >= 15 is 0 Å². The largest absolute Gasteiger partial charge is 0.452 e. The molecule has 13 nitrogen and oxygen atoms in total. The lowest BCUT2D eigenvalue weighted by Gasteiger charge is -2.30. The van der Waals surface area contributed by atoms with Gasteiger partial charge in [0.2, 0.25) is 17.8 Å². The first-order valence-electron chi connectivity index (χ1n) is 13.4. The van der Waals surface area contributed by atoms with E-state index in [1.165, 1.54) is 0 Å². The maximum Gasteiger partial charge on any atom is 0.338 e. The second-order valence-electron chi connectivity index (χ2n) is 9.44.